The number of anilines is 1. The summed E-state index contributed by atoms with van der Waals surface area (Å²) in [7, 11) is 3.26. The van der Waals surface area contributed by atoms with Gasteiger partial charge in [-0.1, -0.05) is 6.07 Å². The molecule has 0 unspecified atom stereocenters. The van der Waals surface area contributed by atoms with Crippen LogP contribution in [-0.4, -0.2) is 49.1 Å². The van der Waals surface area contributed by atoms with Gasteiger partial charge in [-0.25, -0.2) is 0 Å². The first kappa shape index (κ1) is 15.0. The Morgan fingerprint density at radius 1 is 1.42 bits per heavy atom. The average Bonchev–Trinajstić information content (AvgIpc) is 2.36. The first-order valence-electron chi connectivity index (χ1n) is 5.85. The monoisotopic (exact) mass is 266 g/mol. The molecule has 0 radical (unpaired) electrons. The number of hydrogen-bond acceptors (Lipinski definition) is 4. The van der Waals surface area contributed by atoms with Crippen LogP contribution in [0.2, 0.25) is 0 Å². The first-order valence-corrected chi connectivity index (χ1v) is 5.85. The number of carbonyl (C=O) groups is 2. The summed E-state index contributed by atoms with van der Waals surface area (Å²) in [6.07, 6.45) is 0.0168. The number of hydrogen-bond donors (Lipinski definition) is 2. The third-order valence-corrected chi connectivity index (χ3v) is 2.47. The molecule has 0 heterocycles. The van der Waals surface area contributed by atoms with E-state index >= 15 is 0 Å². The summed E-state index contributed by atoms with van der Waals surface area (Å²) < 4.78 is 5.06. The number of rotatable bonds is 7. The maximum Gasteiger partial charge on any atom is 0.304 e. The maximum atomic E-state index is 11.7. The summed E-state index contributed by atoms with van der Waals surface area (Å²) in [5.74, 6) is -0.404. The zero-order valence-corrected chi connectivity index (χ0v) is 11.0. The van der Waals surface area contributed by atoms with E-state index in [1.807, 2.05) is 0 Å². The molecule has 0 spiro atoms. The van der Waals surface area contributed by atoms with E-state index < -0.39 is 5.97 Å². The molecule has 1 aromatic carbocycles. The molecule has 1 amide bonds. The minimum Gasteiger partial charge on any atom is -0.497 e. The molecule has 6 heteroatoms. The van der Waals surface area contributed by atoms with Crippen molar-refractivity contribution in [3.63, 3.8) is 0 Å². The molecule has 0 aliphatic carbocycles. The van der Waals surface area contributed by atoms with Crippen LogP contribution in [0.1, 0.15) is 6.42 Å². The fraction of sp³-hybridized carbons (Fsp3) is 0.385. The van der Waals surface area contributed by atoms with E-state index in [0.29, 0.717) is 18.0 Å². The van der Waals surface area contributed by atoms with Crippen LogP contribution in [0.4, 0.5) is 5.69 Å². The molecule has 104 valence electrons. The number of carboxylic acids is 1. The second kappa shape index (κ2) is 7.38. The van der Waals surface area contributed by atoms with Crippen LogP contribution in [0.15, 0.2) is 24.3 Å². The van der Waals surface area contributed by atoms with Crippen molar-refractivity contribution in [1.29, 1.82) is 0 Å². The van der Waals surface area contributed by atoms with Gasteiger partial charge in [0.1, 0.15) is 5.75 Å². The van der Waals surface area contributed by atoms with Gasteiger partial charge in [-0.15, -0.1) is 0 Å². The van der Waals surface area contributed by atoms with E-state index in [9.17, 15) is 9.59 Å². The van der Waals surface area contributed by atoms with Crippen molar-refractivity contribution in [1.82, 2.24) is 4.90 Å². The van der Waals surface area contributed by atoms with Crippen molar-refractivity contribution in [2.45, 2.75) is 6.42 Å². The Morgan fingerprint density at radius 2 is 2.16 bits per heavy atom. The number of methoxy groups -OCH3 is 1. The largest absolute Gasteiger partial charge is 0.497 e. The van der Waals surface area contributed by atoms with Crippen molar-refractivity contribution >= 4 is 17.6 Å². The maximum absolute atomic E-state index is 11.7. The molecular weight excluding hydrogens is 248 g/mol. The van der Waals surface area contributed by atoms with Crippen LogP contribution in [0.25, 0.3) is 0 Å². The van der Waals surface area contributed by atoms with Crippen molar-refractivity contribution in [2.24, 2.45) is 0 Å². The molecule has 6 nitrogen and oxygen atoms in total. The second-order valence-electron chi connectivity index (χ2n) is 4.16. The Kier molecular flexibility index (Phi) is 5.81. The number of ether oxygens (including phenoxy) is 1. The Hall–Kier alpha value is -2.08. The Morgan fingerprint density at radius 3 is 2.79 bits per heavy atom. The number of likely N-dealkylation sites (N-methyl/N-ethyl adjacent to an activating group) is 1. The van der Waals surface area contributed by atoms with Gasteiger partial charge in [-0.3, -0.25) is 14.5 Å². The van der Waals surface area contributed by atoms with Crippen LogP contribution in [0, 0.1) is 0 Å². The minimum absolute atomic E-state index is 0.0168. The standard InChI is InChI=1S/C13H18N2O4/c1-15(7-6-13(17)18)9-12(16)14-10-4-3-5-11(8-10)19-2/h3-5,8H,6-7,9H2,1-2H3,(H,14,16)(H,17,18). The van der Waals surface area contributed by atoms with Gasteiger partial charge in [0.2, 0.25) is 5.91 Å². The quantitative estimate of drug-likeness (QED) is 0.771. The summed E-state index contributed by atoms with van der Waals surface area (Å²) in [4.78, 5) is 23.8. The number of aliphatic carboxylic acids is 1. The van der Waals surface area contributed by atoms with Crippen molar-refractivity contribution in [3.05, 3.63) is 24.3 Å². The molecule has 19 heavy (non-hydrogen) atoms. The van der Waals surface area contributed by atoms with Gasteiger partial charge in [0, 0.05) is 18.3 Å². The Balaban J connectivity index is 2.43. The normalized spacial score (nSPS) is 10.3. The van der Waals surface area contributed by atoms with Gasteiger partial charge in [0.25, 0.3) is 0 Å². The van der Waals surface area contributed by atoms with Crippen molar-refractivity contribution < 1.29 is 19.4 Å². The topological polar surface area (TPSA) is 78.9 Å². The number of nitrogens with zero attached hydrogens (tertiary/aromatic N) is 1. The molecule has 0 saturated carbocycles. The molecule has 0 fully saturated rings. The highest BCUT2D eigenvalue weighted by atomic mass is 16.5. The lowest BCUT2D eigenvalue weighted by atomic mass is 10.3. The van der Waals surface area contributed by atoms with Gasteiger partial charge in [0.15, 0.2) is 0 Å². The van der Waals surface area contributed by atoms with Crippen LogP contribution in [0.3, 0.4) is 0 Å². The fourth-order valence-electron chi connectivity index (χ4n) is 1.51. The molecule has 1 rings (SSSR count). The summed E-state index contributed by atoms with van der Waals surface area (Å²) in [6, 6.07) is 7.05. The van der Waals surface area contributed by atoms with Gasteiger partial charge >= 0.3 is 5.97 Å². The van der Waals surface area contributed by atoms with E-state index in [2.05, 4.69) is 5.32 Å². The number of amides is 1. The fourth-order valence-corrected chi connectivity index (χ4v) is 1.51. The lowest BCUT2D eigenvalue weighted by Crippen LogP contribution is -2.31. The van der Waals surface area contributed by atoms with Crippen molar-refractivity contribution in [3.8, 4) is 5.75 Å². The lowest BCUT2D eigenvalue weighted by Gasteiger charge is -2.15. The van der Waals surface area contributed by atoms with Crippen LogP contribution in [0.5, 0.6) is 5.75 Å². The number of nitrogens with one attached hydrogen (secondary N) is 1. The summed E-state index contributed by atoms with van der Waals surface area (Å²) in [5.41, 5.74) is 0.649. The molecular formula is C13H18N2O4. The van der Waals surface area contributed by atoms with Crippen LogP contribution >= 0.6 is 0 Å². The zero-order chi connectivity index (χ0) is 14.3. The highest BCUT2D eigenvalue weighted by Crippen LogP contribution is 2.16. The predicted octanol–water partition coefficient (Wildman–Crippen LogP) is 1.04. The molecule has 0 saturated heterocycles. The predicted molar refractivity (Wildman–Crippen MR) is 71.4 cm³/mol. The minimum atomic E-state index is -0.875. The zero-order valence-electron chi connectivity index (χ0n) is 11.0. The van der Waals surface area contributed by atoms with Gasteiger partial charge in [-0.2, -0.15) is 0 Å². The Labute approximate surface area is 112 Å². The first-order chi connectivity index (χ1) is 9.01. The molecule has 0 bridgehead atoms. The summed E-state index contributed by atoms with van der Waals surface area (Å²) in [6.45, 7) is 0.478. The molecule has 0 aromatic heterocycles. The lowest BCUT2D eigenvalue weighted by molar-refractivity contribution is -0.137. The van der Waals surface area contributed by atoms with E-state index in [1.165, 1.54) is 0 Å². The van der Waals surface area contributed by atoms with Crippen LogP contribution < -0.4 is 10.1 Å². The molecule has 0 aliphatic heterocycles. The van der Waals surface area contributed by atoms with Gasteiger partial charge in [0.05, 0.1) is 20.1 Å². The molecule has 1 aromatic rings. The molecule has 2 N–H and O–H groups in total. The van der Waals surface area contributed by atoms with E-state index in [-0.39, 0.29) is 18.9 Å². The Bertz CT molecular complexity index is 448. The molecule has 0 aliphatic rings. The third kappa shape index (κ3) is 5.87. The average molecular weight is 266 g/mol. The SMILES string of the molecule is COc1cccc(NC(=O)CN(C)CCC(=O)O)c1. The number of carbonyl (C=O) groups excluding carboxylic acids is 1. The summed E-state index contributed by atoms with van der Waals surface area (Å²) in [5, 5.41) is 11.3. The number of carboxylic acid groups (broad SMARTS) is 1. The van der Waals surface area contributed by atoms with Gasteiger partial charge in [-0.05, 0) is 19.2 Å². The van der Waals surface area contributed by atoms with E-state index in [1.54, 1.807) is 43.3 Å². The molecule has 0 atom stereocenters. The van der Waals surface area contributed by atoms with E-state index in [0.717, 1.165) is 0 Å². The smallest absolute Gasteiger partial charge is 0.304 e. The third-order valence-electron chi connectivity index (χ3n) is 2.47. The van der Waals surface area contributed by atoms with Crippen LogP contribution in [-0.2, 0) is 9.59 Å². The van der Waals surface area contributed by atoms with Crippen molar-refractivity contribution in [2.75, 3.05) is 32.6 Å². The highest BCUT2D eigenvalue weighted by molar-refractivity contribution is 5.92. The highest BCUT2D eigenvalue weighted by Gasteiger charge is 2.08. The second-order valence-corrected chi connectivity index (χ2v) is 4.16. The van der Waals surface area contributed by atoms with E-state index in [4.69, 9.17) is 9.84 Å². The van der Waals surface area contributed by atoms with Gasteiger partial charge < -0.3 is 15.2 Å². The number of benzene rings is 1. The summed E-state index contributed by atoms with van der Waals surface area (Å²) >= 11 is 0.